The summed E-state index contributed by atoms with van der Waals surface area (Å²) >= 11 is 18.1. The molecule has 0 N–H and O–H groups in total. The minimum absolute atomic E-state index is 0.0679. The van der Waals surface area contributed by atoms with Crippen molar-refractivity contribution in [1.29, 1.82) is 0 Å². The van der Waals surface area contributed by atoms with Crippen molar-refractivity contribution < 1.29 is 9.59 Å². The van der Waals surface area contributed by atoms with Crippen molar-refractivity contribution in [3.8, 4) is 0 Å². The van der Waals surface area contributed by atoms with Gasteiger partial charge in [-0.1, -0.05) is 48.1 Å². The van der Waals surface area contributed by atoms with E-state index in [0.717, 1.165) is 17.4 Å². The molecular weight excluding hydrogens is 411 g/mol. The summed E-state index contributed by atoms with van der Waals surface area (Å²) in [5.41, 5.74) is -0.452. The summed E-state index contributed by atoms with van der Waals surface area (Å²) in [6.45, 7) is 2.45. The van der Waals surface area contributed by atoms with Crippen LogP contribution in [-0.2, 0) is 4.79 Å². The van der Waals surface area contributed by atoms with E-state index in [1.807, 2.05) is 6.92 Å². The second-order valence-corrected chi connectivity index (χ2v) is 7.38. The molecule has 144 valence electrons. The maximum atomic E-state index is 13.2. The molecule has 1 heterocycles. The second-order valence-electron chi connectivity index (χ2n) is 6.10. The summed E-state index contributed by atoms with van der Waals surface area (Å²) in [5.74, 6) is -1.14. The molecule has 27 heavy (non-hydrogen) atoms. The molecule has 1 aromatic heterocycles. The molecule has 0 saturated heterocycles. The lowest BCUT2D eigenvalue weighted by molar-refractivity contribution is -0.132. The van der Waals surface area contributed by atoms with E-state index in [-0.39, 0.29) is 15.6 Å². The Balaban J connectivity index is 2.57. The number of halogens is 3. The van der Waals surface area contributed by atoms with Crippen LogP contribution >= 0.6 is 34.8 Å². The van der Waals surface area contributed by atoms with E-state index >= 15 is 0 Å². The molecule has 8 heteroatoms. The number of amides is 1. The maximum Gasteiger partial charge on any atom is 0.253 e. The lowest BCUT2D eigenvalue weighted by Crippen LogP contribution is -2.42. The van der Waals surface area contributed by atoms with Crippen LogP contribution in [0.25, 0.3) is 0 Å². The number of hydrogen-bond donors (Lipinski definition) is 0. The van der Waals surface area contributed by atoms with Gasteiger partial charge >= 0.3 is 0 Å². The number of aromatic nitrogens is 1. The minimum atomic E-state index is -1.42. The summed E-state index contributed by atoms with van der Waals surface area (Å²) in [4.78, 5) is 40.1. The molecule has 5 nitrogen and oxygen atoms in total. The van der Waals surface area contributed by atoms with Gasteiger partial charge < -0.3 is 4.90 Å². The van der Waals surface area contributed by atoms with Crippen molar-refractivity contribution >= 4 is 46.5 Å². The molecule has 0 aliphatic rings. The number of hydrogen-bond acceptors (Lipinski definition) is 3. The first kappa shape index (κ1) is 21.5. The van der Waals surface area contributed by atoms with E-state index in [4.69, 9.17) is 34.8 Å². The van der Waals surface area contributed by atoms with E-state index in [1.165, 1.54) is 41.4 Å². The van der Waals surface area contributed by atoms with Gasteiger partial charge in [0.05, 0.1) is 10.0 Å². The fraction of sp³-hybridized carbons (Fsp3) is 0.316. The van der Waals surface area contributed by atoms with Gasteiger partial charge in [-0.3, -0.25) is 19.0 Å². The number of rotatable bonds is 7. The first-order valence-electron chi connectivity index (χ1n) is 8.38. The Bertz CT molecular complexity index is 911. The van der Waals surface area contributed by atoms with Crippen LogP contribution in [0.5, 0.6) is 0 Å². The quantitative estimate of drug-likeness (QED) is 0.481. The average Bonchev–Trinajstić information content (AvgIpc) is 2.64. The second kappa shape index (κ2) is 9.40. The zero-order chi connectivity index (χ0) is 20.1. The van der Waals surface area contributed by atoms with Gasteiger partial charge in [0, 0.05) is 36.4 Å². The van der Waals surface area contributed by atoms with Gasteiger partial charge in [0.25, 0.3) is 11.5 Å². The molecule has 1 amide bonds. The molecule has 1 atom stereocenters. The standard InChI is InChI=1S/C19H19Cl3N2O3/c1-3-4-9-23(2)19(27)17(24-11-13(21)6-8-16(24)25)18(26)14-10-12(20)5-7-15(14)22/h5-8,10-11,17H,3-4,9H2,1-2H3. The molecule has 2 rings (SSSR count). The Morgan fingerprint density at radius 3 is 2.44 bits per heavy atom. The number of benzene rings is 1. The van der Waals surface area contributed by atoms with Gasteiger partial charge in [-0.2, -0.15) is 0 Å². The molecule has 0 aliphatic carbocycles. The first-order chi connectivity index (χ1) is 12.8. The van der Waals surface area contributed by atoms with Gasteiger partial charge in [-0.15, -0.1) is 0 Å². The molecule has 0 bridgehead atoms. The highest BCUT2D eigenvalue weighted by atomic mass is 35.5. The van der Waals surface area contributed by atoms with Crippen LogP contribution in [0, 0.1) is 0 Å². The summed E-state index contributed by atoms with van der Waals surface area (Å²) in [7, 11) is 1.59. The Kier molecular flexibility index (Phi) is 7.48. The minimum Gasteiger partial charge on any atom is -0.344 e. The van der Waals surface area contributed by atoms with Gasteiger partial charge in [-0.05, 0) is 30.7 Å². The zero-order valence-electron chi connectivity index (χ0n) is 14.9. The van der Waals surface area contributed by atoms with E-state index in [1.54, 1.807) is 7.05 Å². The van der Waals surface area contributed by atoms with E-state index in [9.17, 15) is 14.4 Å². The number of nitrogens with zero attached hydrogens (tertiary/aromatic N) is 2. The normalized spacial score (nSPS) is 11.9. The predicted molar refractivity (Wildman–Crippen MR) is 108 cm³/mol. The van der Waals surface area contributed by atoms with Crippen LogP contribution in [0.15, 0.2) is 41.3 Å². The third-order valence-corrected chi connectivity index (χ3v) is 4.87. The summed E-state index contributed by atoms with van der Waals surface area (Å²) < 4.78 is 1.03. The zero-order valence-corrected chi connectivity index (χ0v) is 17.2. The van der Waals surface area contributed by atoms with Gasteiger partial charge in [-0.25, -0.2) is 0 Å². The number of carbonyl (C=O) groups excluding carboxylic acids is 2. The molecule has 0 saturated carbocycles. The lowest BCUT2D eigenvalue weighted by Gasteiger charge is -2.25. The van der Waals surface area contributed by atoms with Crippen molar-refractivity contribution in [3.05, 3.63) is 67.5 Å². The van der Waals surface area contributed by atoms with Gasteiger partial charge in [0.1, 0.15) is 0 Å². The smallest absolute Gasteiger partial charge is 0.253 e. The highest BCUT2D eigenvalue weighted by Crippen LogP contribution is 2.26. The third-order valence-electron chi connectivity index (χ3n) is 4.08. The number of pyridine rings is 1. The van der Waals surface area contributed by atoms with E-state index in [0.29, 0.717) is 11.6 Å². The molecule has 0 fully saturated rings. The van der Waals surface area contributed by atoms with Crippen molar-refractivity contribution in [3.63, 3.8) is 0 Å². The van der Waals surface area contributed by atoms with Crippen LogP contribution in [0.3, 0.4) is 0 Å². The van der Waals surface area contributed by atoms with E-state index in [2.05, 4.69) is 0 Å². The van der Waals surface area contributed by atoms with Gasteiger partial charge in [0.2, 0.25) is 0 Å². The lowest BCUT2D eigenvalue weighted by atomic mass is 10.0. The van der Waals surface area contributed by atoms with Crippen molar-refractivity contribution in [2.24, 2.45) is 0 Å². The molecule has 2 aromatic rings. The predicted octanol–water partition coefficient (Wildman–Crippen LogP) is 4.49. The Morgan fingerprint density at radius 2 is 1.78 bits per heavy atom. The number of unbranched alkanes of at least 4 members (excludes halogenated alkanes) is 1. The van der Waals surface area contributed by atoms with Crippen LogP contribution < -0.4 is 5.56 Å². The highest BCUT2D eigenvalue weighted by Gasteiger charge is 2.33. The summed E-state index contributed by atoms with van der Waals surface area (Å²) in [5, 5.41) is 0.675. The molecule has 0 spiro atoms. The van der Waals surface area contributed by atoms with Gasteiger partial charge in [0.15, 0.2) is 11.8 Å². The largest absolute Gasteiger partial charge is 0.344 e. The third kappa shape index (κ3) is 5.12. The number of carbonyl (C=O) groups is 2. The van der Waals surface area contributed by atoms with E-state index < -0.39 is 23.3 Å². The Labute approximate surface area is 172 Å². The van der Waals surface area contributed by atoms with Crippen LogP contribution in [0.2, 0.25) is 15.1 Å². The van der Waals surface area contributed by atoms with Crippen LogP contribution in [-0.4, -0.2) is 34.7 Å². The first-order valence-corrected chi connectivity index (χ1v) is 9.51. The van der Waals surface area contributed by atoms with Crippen LogP contribution in [0.4, 0.5) is 0 Å². The number of likely N-dealkylation sites (N-methyl/N-ethyl adjacent to an activating group) is 1. The molecule has 1 unspecified atom stereocenters. The maximum absolute atomic E-state index is 13.2. The number of ketones is 1. The fourth-order valence-electron chi connectivity index (χ4n) is 2.58. The summed E-state index contributed by atoms with van der Waals surface area (Å²) in [6.07, 6.45) is 2.93. The van der Waals surface area contributed by atoms with Crippen LogP contribution in [0.1, 0.15) is 36.2 Å². The fourth-order valence-corrected chi connectivity index (χ4v) is 3.13. The monoisotopic (exact) mass is 428 g/mol. The molecule has 1 aromatic carbocycles. The molecule has 0 radical (unpaired) electrons. The topological polar surface area (TPSA) is 59.4 Å². The highest BCUT2D eigenvalue weighted by molar-refractivity contribution is 6.36. The molecule has 0 aliphatic heterocycles. The average molecular weight is 430 g/mol. The summed E-state index contributed by atoms with van der Waals surface area (Å²) in [6, 6.07) is 5.58. The van der Waals surface area contributed by atoms with Crippen molar-refractivity contribution in [2.45, 2.75) is 25.8 Å². The Morgan fingerprint density at radius 1 is 1.11 bits per heavy atom. The van der Waals surface area contributed by atoms with Crippen molar-refractivity contribution in [1.82, 2.24) is 9.47 Å². The number of Topliss-reactive ketones (excluding diaryl/α,β-unsaturated/α-hetero) is 1. The SMILES string of the molecule is CCCCN(C)C(=O)C(C(=O)c1cc(Cl)ccc1Cl)n1cc(Cl)ccc1=O. The Hall–Kier alpha value is -1.82. The molecular formula is C19H19Cl3N2O3. The van der Waals surface area contributed by atoms with Crippen molar-refractivity contribution in [2.75, 3.05) is 13.6 Å².